The molecule has 0 fully saturated rings. The molecule has 2 aromatic carbocycles. The molecular weight excluding hydrogens is 436 g/mol. The number of thiophene rings is 1. The molecule has 1 heterocycles. The number of hydrazone groups is 1. The maximum absolute atomic E-state index is 12.6. The van der Waals surface area contributed by atoms with Crippen molar-refractivity contribution >= 4 is 44.9 Å². The second-order valence-corrected chi connectivity index (χ2v) is 9.38. The van der Waals surface area contributed by atoms with Crippen molar-refractivity contribution in [1.29, 1.82) is 0 Å². The van der Waals surface area contributed by atoms with Crippen molar-refractivity contribution in [2.75, 3.05) is 29.8 Å². The van der Waals surface area contributed by atoms with Crippen LogP contribution in [-0.2, 0) is 10.0 Å². The Balaban J connectivity index is 1.67. The summed E-state index contributed by atoms with van der Waals surface area (Å²) in [4.78, 5) is 14.5. The molecule has 0 atom stereocenters. The SMILES string of the molecule is CN(CCO)c1ccc(/C=N/NC(=O)c2ccccc2NS(=O)(=O)c2cccs2)cc1. The Kier molecular flexibility index (Phi) is 7.40. The van der Waals surface area contributed by atoms with Gasteiger partial charge in [0.15, 0.2) is 0 Å². The number of carbonyl (C=O) groups is 1. The Labute approximate surface area is 184 Å². The standard InChI is InChI=1S/C21H22N4O4S2/c1-25(12-13-26)17-10-8-16(9-11-17)15-22-23-21(27)18-5-2-3-6-19(18)24-31(28,29)20-7-4-14-30-20/h2-11,14-15,24,26H,12-13H2,1H3,(H,23,27)/b22-15+. The van der Waals surface area contributed by atoms with Crippen LogP contribution in [0.5, 0.6) is 0 Å². The molecule has 8 nitrogen and oxygen atoms in total. The van der Waals surface area contributed by atoms with Crippen molar-refractivity contribution in [1.82, 2.24) is 5.43 Å². The van der Waals surface area contributed by atoms with Crippen LogP contribution < -0.4 is 15.0 Å². The van der Waals surface area contributed by atoms with E-state index in [0.717, 1.165) is 22.6 Å². The minimum Gasteiger partial charge on any atom is -0.395 e. The Bertz CT molecular complexity index is 1140. The molecule has 0 bridgehead atoms. The van der Waals surface area contributed by atoms with E-state index in [0.29, 0.717) is 6.54 Å². The van der Waals surface area contributed by atoms with Gasteiger partial charge in [-0.2, -0.15) is 5.10 Å². The number of likely N-dealkylation sites (N-methyl/N-ethyl adjacent to an activating group) is 1. The Hall–Kier alpha value is -3.21. The van der Waals surface area contributed by atoms with Crippen LogP contribution in [0.25, 0.3) is 0 Å². The molecule has 0 aliphatic rings. The van der Waals surface area contributed by atoms with Gasteiger partial charge in [0, 0.05) is 19.3 Å². The number of para-hydroxylation sites is 1. The molecule has 3 N–H and O–H groups in total. The van der Waals surface area contributed by atoms with E-state index in [1.54, 1.807) is 23.6 Å². The summed E-state index contributed by atoms with van der Waals surface area (Å²) in [5, 5.41) is 14.6. The Morgan fingerprint density at radius 3 is 2.55 bits per heavy atom. The van der Waals surface area contributed by atoms with E-state index in [2.05, 4.69) is 15.2 Å². The van der Waals surface area contributed by atoms with E-state index < -0.39 is 15.9 Å². The van der Waals surface area contributed by atoms with E-state index in [-0.39, 0.29) is 22.1 Å². The van der Waals surface area contributed by atoms with Gasteiger partial charge in [-0.05, 0) is 41.3 Å². The Morgan fingerprint density at radius 1 is 1.13 bits per heavy atom. The first kappa shape index (κ1) is 22.5. The molecule has 0 aliphatic carbocycles. The quantitative estimate of drug-likeness (QED) is 0.337. The van der Waals surface area contributed by atoms with Gasteiger partial charge in [-0.1, -0.05) is 30.3 Å². The van der Waals surface area contributed by atoms with Gasteiger partial charge in [0.05, 0.1) is 24.1 Å². The second kappa shape index (κ2) is 10.2. The van der Waals surface area contributed by atoms with Crippen LogP contribution in [0.2, 0.25) is 0 Å². The molecule has 162 valence electrons. The van der Waals surface area contributed by atoms with Crippen LogP contribution in [0.3, 0.4) is 0 Å². The lowest BCUT2D eigenvalue weighted by Gasteiger charge is -2.17. The van der Waals surface area contributed by atoms with Crippen LogP contribution in [0.4, 0.5) is 11.4 Å². The van der Waals surface area contributed by atoms with Gasteiger partial charge >= 0.3 is 0 Å². The zero-order valence-electron chi connectivity index (χ0n) is 16.7. The van der Waals surface area contributed by atoms with Crippen molar-refractivity contribution in [2.45, 2.75) is 4.21 Å². The lowest BCUT2D eigenvalue weighted by atomic mass is 10.2. The van der Waals surface area contributed by atoms with E-state index in [1.165, 1.54) is 24.4 Å². The lowest BCUT2D eigenvalue weighted by molar-refractivity contribution is 0.0956. The smallest absolute Gasteiger partial charge is 0.273 e. The van der Waals surface area contributed by atoms with Gasteiger partial charge < -0.3 is 10.0 Å². The first-order valence-corrected chi connectivity index (χ1v) is 11.7. The summed E-state index contributed by atoms with van der Waals surface area (Å²) in [6, 6.07) is 16.9. The van der Waals surface area contributed by atoms with E-state index in [1.807, 2.05) is 36.2 Å². The zero-order valence-corrected chi connectivity index (χ0v) is 18.4. The molecule has 3 aromatic rings. The van der Waals surface area contributed by atoms with Crippen LogP contribution >= 0.6 is 11.3 Å². The molecular formula is C21H22N4O4S2. The molecule has 0 saturated carbocycles. The number of aliphatic hydroxyl groups is 1. The summed E-state index contributed by atoms with van der Waals surface area (Å²) in [7, 11) is -1.90. The number of aliphatic hydroxyl groups excluding tert-OH is 1. The monoisotopic (exact) mass is 458 g/mol. The highest BCUT2D eigenvalue weighted by atomic mass is 32.2. The number of amides is 1. The predicted molar refractivity (Wildman–Crippen MR) is 123 cm³/mol. The fourth-order valence-electron chi connectivity index (χ4n) is 2.70. The Morgan fingerprint density at radius 2 is 1.87 bits per heavy atom. The number of carbonyl (C=O) groups excluding carboxylic acids is 1. The number of anilines is 2. The fraction of sp³-hybridized carbons (Fsp3) is 0.143. The van der Waals surface area contributed by atoms with Gasteiger partial charge in [0.25, 0.3) is 15.9 Å². The summed E-state index contributed by atoms with van der Waals surface area (Å²) < 4.78 is 27.6. The third kappa shape index (κ3) is 5.91. The molecule has 0 spiro atoms. The number of rotatable bonds is 9. The van der Waals surface area contributed by atoms with Gasteiger partial charge in [0.1, 0.15) is 4.21 Å². The van der Waals surface area contributed by atoms with Crippen molar-refractivity contribution in [3.8, 4) is 0 Å². The lowest BCUT2D eigenvalue weighted by Crippen LogP contribution is -2.21. The molecule has 0 radical (unpaired) electrons. The number of benzene rings is 2. The number of sulfonamides is 1. The highest BCUT2D eigenvalue weighted by molar-refractivity contribution is 7.94. The number of nitrogens with one attached hydrogen (secondary N) is 2. The van der Waals surface area contributed by atoms with Crippen LogP contribution in [0.15, 0.2) is 75.4 Å². The first-order chi connectivity index (χ1) is 14.9. The van der Waals surface area contributed by atoms with Crippen molar-refractivity contribution in [2.24, 2.45) is 5.10 Å². The second-order valence-electron chi connectivity index (χ2n) is 6.52. The highest BCUT2D eigenvalue weighted by Gasteiger charge is 2.19. The van der Waals surface area contributed by atoms with Gasteiger partial charge in [-0.25, -0.2) is 13.8 Å². The summed E-state index contributed by atoms with van der Waals surface area (Å²) >= 11 is 1.09. The summed E-state index contributed by atoms with van der Waals surface area (Å²) in [5.74, 6) is -0.542. The molecule has 0 unspecified atom stereocenters. The normalized spacial score (nSPS) is 11.4. The largest absolute Gasteiger partial charge is 0.395 e. The third-order valence-electron chi connectivity index (χ3n) is 4.32. The molecule has 1 amide bonds. The summed E-state index contributed by atoms with van der Waals surface area (Å²) in [5.41, 5.74) is 4.46. The number of nitrogens with zero attached hydrogens (tertiary/aromatic N) is 2. The maximum atomic E-state index is 12.6. The number of hydrogen-bond donors (Lipinski definition) is 3. The fourth-order valence-corrected chi connectivity index (χ4v) is 4.77. The third-order valence-corrected chi connectivity index (χ3v) is 7.09. The number of hydrogen-bond acceptors (Lipinski definition) is 7. The first-order valence-electron chi connectivity index (χ1n) is 9.31. The summed E-state index contributed by atoms with van der Waals surface area (Å²) in [6.07, 6.45) is 1.49. The van der Waals surface area contributed by atoms with E-state index in [9.17, 15) is 13.2 Å². The van der Waals surface area contributed by atoms with Crippen LogP contribution in [0.1, 0.15) is 15.9 Å². The van der Waals surface area contributed by atoms with E-state index in [4.69, 9.17) is 5.11 Å². The zero-order chi connectivity index (χ0) is 22.3. The highest BCUT2D eigenvalue weighted by Crippen LogP contribution is 2.22. The molecule has 0 aliphatic heterocycles. The average molecular weight is 459 g/mol. The minimum atomic E-state index is -3.77. The van der Waals surface area contributed by atoms with Crippen LogP contribution in [-0.4, -0.2) is 45.8 Å². The van der Waals surface area contributed by atoms with Gasteiger partial charge in [-0.15, -0.1) is 11.3 Å². The summed E-state index contributed by atoms with van der Waals surface area (Å²) in [6.45, 7) is 0.593. The maximum Gasteiger partial charge on any atom is 0.273 e. The predicted octanol–water partition coefficient (Wildman–Crippen LogP) is 2.74. The van der Waals surface area contributed by atoms with Gasteiger partial charge in [0.2, 0.25) is 0 Å². The van der Waals surface area contributed by atoms with Crippen molar-refractivity contribution < 1.29 is 18.3 Å². The van der Waals surface area contributed by atoms with Crippen LogP contribution in [0, 0.1) is 0 Å². The molecule has 31 heavy (non-hydrogen) atoms. The molecule has 3 rings (SSSR count). The minimum absolute atomic E-state index is 0.0662. The van der Waals surface area contributed by atoms with Crippen molar-refractivity contribution in [3.05, 3.63) is 77.2 Å². The topological polar surface area (TPSA) is 111 Å². The van der Waals surface area contributed by atoms with E-state index >= 15 is 0 Å². The van der Waals surface area contributed by atoms with Crippen molar-refractivity contribution in [3.63, 3.8) is 0 Å². The molecule has 0 saturated heterocycles. The van der Waals surface area contributed by atoms with Gasteiger partial charge in [-0.3, -0.25) is 9.52 Å². The molecule has 1 aromatic heterocycles. The average Bonchev–Trinajstić information content (AvgIpc) is 3.30. The molecule has 10 heteroatoms.